The van der Waals surface area contributed by atoms with Gasteiger partial charge in [0.15, 0.2) is 0 Å². The third-order valence-electron chi connectivity index (χ3n) is 3.37. The summed E-state index contributed by atoms with van der Waals surface area (Å²) in [7, 11) is 0. The molecule has 0 saturated carbocycles. The van der Waals surface area contributed by atoms with Gasteiger partial charge in [-0.1, -0.05) is 0 Å². The van der Waals surface area contributed by atoms with Crippen LogP contribution in [-0.4, -0.2) is 22.0 Å². The minimum Gasteiger partial charge on any atom is -0.397 e. The molecule has 1 aliphatic rings. The van der Waals surface area contributed by atoms with E-state index in [2.05, 4.69) is 15.6 Å². The maximum Gasteiger partial charge on any atom is 0.228 e. The Labute approximate surface area is 117 Å². The number of aromatic nitrogens is 2. The van der Waals surface area contributed by atoms with Gasteiger partial charge in [-0.3, -0.25) is 4.79 Å². The van der Waals surface area contributed by atoms with Gasteiger partial charge in [0.1, 0.15) is 0 Å². The lowest BCUT2D eigenvalue weighted by Crippen LogP contribution is -2.08. The molecule has 2 aromatic rings. The third-order valence-corrected chi connectivity index (χ3v) is 3.37. The maximum absolute atomic E-state index is 11.3. The first kappa shape index (κ1) is 12.5. The fraction of sp³-hybridized carbons (Fsp3) is 0.286. The van der Waals surface area contributed by atoms with Crippen LogP contribution in [0.2, 0.25) is 0 Å². The Kier molecular flexibility index (Phi) is 3.28. The van der Waals surface area contributed by atoms with Crippen molar-refractivity contribution >= 4 is 23.0 Å². The Morgan fingerprint density at radius 1 is 1.45 bits per heavy atom. The molecule has 0 saturated heterocycles. The van der Waals surface area contributed by atoms with Crippen molar-refractivity contribution < 1.29 is 4.79 Å². The van der Waals surface area contributed by atoms with Gasteiger partial charge in [0, 0.05) is 31.2 Å². The summed E-state index contributed by atoms with van der Waals surface area (Å²) in [6, 6.07) is 3.78. The van der Waals surface area contributed by atoms with E-state index in [1.807, 2.05) is 22.9 Å². The zero-order valence-electron chi connectivity index (χ0n) is 11.1. The number of nitrogen functional groups attached to an aromatic ring is 1. The van der Waals surface area contributed by atoms with Crippen molar-refractivity contribution in [1.82, 2.24) is 9.55 Å². The molecule has 4 N–H and O–H groups in total. The number of carbonyl (C=O) groups is 1. The van der Waals surface area contributed by atoms with Crippen LogP contribution in [0.5, 0.6) is 0 Å². The Morgan fingerprint density at radius 2 is 2.35 bits per heavy atom. The minimum atomic E-state index is 0.0247. The molecule has 0 bridgehead atoms. The van der Waals surface area contributed by atoms with E-state index >= 15 is 0 Å². The first-order valence-corrected chi connectivity index (χ1v) is 6.64. The lowest BCUT2D eigenvalue weighted by molar-refractivity contribution is -0.115. The van der Waals surface area contributed by atoms with Gasteiger partial charge in [-0.25, -0.2) is 4.98 Å². The lowest BCUT2D eigenvalue weighted by atomic mass is 10.1. The molecule has 20 heavy (non-hydrogen) atoms. The normalized spacial score (nSPS) is 13.1. The first-order chi connectivity index (χ1) is 9.72. The van der Waals surface area contributed by atoms with E-state index in [1.54, 1.807) is 12.5 Å². The van der Waals surface area contributed by atoms with Crippen molar-refractivity contribution in [2.45, 2.75) is 19.4 Å². The van der Waals surface area contributed by atoms with E-state index < -0.39 is 0 Å². The Hall–Kier alpha value is -2.50. The van der Waals surface area contributed by atoms with E-state index in [0.717, 1.165) is 36.4 Å². The number of nitrogens with zero attached hydrogens (tertiary/aromatic N) is 2. The van der Waals surface area contributed by atoms with Gasteiger partial charge in [-0.2, -0.15) is 0 Å². The standard InChI is InChI=1S/C14H17N5O/c15-11-6-10-7-14(20)18-12(10)8-13(11)17-2-1-4-19-5-3-16-9-19/h3,5-6,8-9,17H,1-2,4,7,15H2,(H,18,20). The van der Waals surface area contributed by atoms with Gasteiger partial charge in [-0.15, -0.1) is 0 Å². The molecule has 6 nitrogen and oxygen atoms in total. The summed E-state index contributed by atoms with van der Waals surface area (Å²) in [6.45, 7) is 1.73. The highest BCUT2D eigenvalue weighted by Gasteiger charge is 2.19. The molecule has 2 heterocycles. The number of hydrogen-bond donors (Lipinski definition) is 3. The van der Waals surface area contributed by atoms with E-state index in [1.165, 1.54) is 0 Å². The largest absolute Gasteiger partial charge is 0.397 e. The van der Waals surface area contributed by atoms with Crippen LogP contribution in [0.25, 0.3) is 0 Å². The molecule has 1 aromatic carbocycles. The number of fused-ring (bicyclic) bond motifs is 1. The zero-order valence-corrected chi connectivity index (χ0v) is 11.1. The predicted molar refractivity (Wildman–Crippen MR) is 78.5 cm³/mol. The Bertz CT molecular complexity index is 621. The summed E-state index contributed by atoms with van der Waals surface area (Å²) in [5, 5.41) is 6.14. The fourth-order valence-corrected chi connectivity index (χ4v) is 2.35. The first-order valence-electron chi connectivity index (χ1n) is 6.64. The van der Waals surface area contributed by atoms with Crippen LogP contribution in [-0.2, 0) is 17.8 Å². The van der Waals surface area contributed by atoms with Crippen molar-refractivity contribution in [3.63, 3.8) is 0 Å². The van der Waals surface area contributed by atoms with E-state index in [-0.39, 0.29) is 5.91 Å². The SMILES string of the molecule is Nc1cc2c(cc1NCCCn1ccnc1)NC(=O)C2. The van der Waals surface area contributed by atoms with E-state index in [4.69, 9.17) is 5.73 Å². The number of imidazole rings is 1. The van der Waals surface area contributed by atoms with Gasteiger partial charge >= 0.3 is 0 Å². The molecule has 1 amide bonds. The zero-order chi connectivity index (χ0) is 13.9. The van der Waals surface area contributed by atoms with Gasteiger partial charge in [0.25, 0.3) is 0 Å². The van der Waals surface area contributed by atoms with E-state index in [9.17, 15) is 4.79 Å². The number of rotatable bonds is 5. The summed E-state index contributed by atoms with van der Waals surface area (Å²) in [5.41, 5.74) is 9.39. The average Bonchev–Trinajstić information content (AvgIpc) is 3.03. The monoisotopic (exact) mass is 271 g/mol. The molecular formula is C14H17N5O. The number of benzene rings is 1. The number of anilines is 3. The molecule has 0 unspecified atom stereocenters. The fourth-order valence-electron chi connectivity index (χ4n) is 2.35. The Morgan fingerprint density at radius 3 is 3.15 bits per heavy atom. The highest BCUT2D eigenvalue weighted by Crippen LogP contribution is 2.31. The average molecular weight is 271 g/mol. The molecule has 0 spiro atoms. The third kappa shape index (κ3) is 2.59. The van der Waals surface area contributed by atoms with Gasteiger partial charge in [-0.05, 0) is 24.1 Å². The van der Waals surface area contributed by atoms with Crippen molar-refractivity contribution in [2.75, 3.05) is 22.9 Å². The number of carbonyl (C=O) groups excluding carboxylic acids is 1. The van der Waals surface area contributed by atoms with Crippen LogP contribution in [0, 0.1) is 0 Å². The summed E-state index contributed by atoms with van der Waals surface area (Å²) < 4.78 is 2.04. The van der Waals surface area contributed by atoms with Crippen molar-refractivity contribution in [2.24, 2.45) is 0 Å². The summed E-state index contributed by atoms with van der Waals surface area (Å²) in [5.74, 6) is 0.0247. The number of nitrogens with one attached hydrogen (secondary N) is 2. The maximum atomic E-state index is 11.3. The summed E-state index contributed by atoms with van der Waals surface area (Å²) in [4.78, 5) is 15.3. The van der Waals surface area contributed by atoms with Crippen LogP contribution >= 0.6 is 0 Å². The molecule has 0 aliphatic carbocycles. The number of aryl methyl sites for hydroxylation is 1. The second-order valence-corrected chi connectivity index (χ2v) is 4.90. The van der Waals surface area contributed by atoms with Crippen molar-refractivity contribution in [1.29, 1.82) is 0 Å². The quantitative estimate of drug-likeness (QED) is 0.568. The predicted octanol–water partition coefficient (Wildman–Crippen LogP) is 1.46. The Balaban J connectivity index is 1.58. The molecule has 1 aliphatic heterocycles. The second kappa shape index (κ2) is 5.24. The summed E-state index contributed by atoms with van der Waals surface area (Å²) in [6.07, 6.45) is 6.91. The smallest absolute Gasteiger partial charge is 0.228 e. The van der Waals surface area contributed by atoms with Crippen LogP contribution < -0.4 is 16.4 Å². The highest BCUT2D eigenvalue weighted by atomic mass is 16.1. The number of nitrogens with two attached hydrogens (primary N) is 1. The number of hydrogen-bond acceptors (Lipinski definition) is 4. The highest BCUT2D eigenvalue weighted by molar-refractivity contribution is 6.00. The molecule has 0 atom stereocenters. The van der Waals surface area contributed by atoms with Crippen LogP contribution in [0.1, 0.15) is 12.0 Å². The van der Waals surface area contributed by atoms with Crippen molar-refractivity contribution in [3.05, 3.63) is 36.4 Å². The molecule has 6 heteroatoms. The van der Waals surface area contributed by atoms with Gasteiger partial charge in [0.05, 0.1) is 24.1 Å². The topological polar surface area (TPSA) is 85.0 Å². The lowest BCUT2D eigenvalue weighted by Gasteiger charge is -2.11. The molecule has 0 fully saturated rings. The molecule has 104 valence electrons. The van der Waals surface area contributed by atoms with Crippen LogP contribution in [0.4, 0.5) is 17.1 Å². The molecule has 1 aromatic heterocycles. The van der Waals surface area contributed by atoms with Gasteiger partial charge < -0.3 is 20.9 Å². The van der Waals surface area contributed by atoms with Crippen LogP contribution in [0.15, 0.2) is 30.9 Å². The van der Waals surface area contributed by atoms with E-state index in [0.29, 0.717) is 12.1 Å². The van der Waals surface area contributed by atoms with Crippen LogP contribution in [0.3, 0.4) is 0 Å². The summed E-state index contributed by atoms with van der Waals surface area (Å²) >= 11 is 0. The van der Waals surface area contributed by atoms with Gasteiger partial charge in [0.2, 0.25) is 5.91 Å². The van der Waals surface area contributed by atoms with Crippen molar-refractivity contribution in [3.8, 4) is 0 Å². The number of amides is 1. The molecule has 0 radical (unpaired) electrons. The minimum absolute atomic E-state index is 0.0247. The second-order valence-electron chi connectivity index (χ2n) is 4.90. The molecule has 3 rings (SSSR count). The molecular weight excluding hydrogens is 254 g/mol.